The van der Waals surface area contributed by atoms with E-state index in [4.69, 9.17) is 4.74 Å². The number of rotatable bonds is 5. The number of carbonyl (C=O) groups is 1. The maximum atomic E-state index is 11.9. The van der Waals surface area contributed by atoms with Crippen LogP contribution in [0.5, 0.6) is 0 Å². The summed E-state index contributed by atoms with van der Waals surface area (Å²) >= 11 is 1.89. The van der Waals surface area contributed by atoms with E-state index in [2.05, 4.69) is 29.3 Å². The van der Waals surface area contributed by atoms with E-state index in [1.807, 2.05) is 11.3 Å². The maximum absolute atomic E-state index is 11.9. The lowest BCUT2D eigenvalue weighted by Crippen LogP contribution is -2.30. The van der Waals surface area contributed by atoms with Gasteiger partial charge in [-0.1, -0.05) is 0 Å². The number of amides is 1. The van der Waals surface area contributed by atoms with Gasteiger partial charge in [-0.05, 0) is 38.3 Å². The van der Waals surface area contributed by atoms with Crippen molar-refractivity contribution >= 4 is 17.2 Å². The van der Waals surface area contributed by atoms with E-state index in [1.54, 1.807) is 0 Å². The number of hydrogen-bond donors (Lipinski definition) is 1. The fourth-order valence-electron chi connectivity index (χ4n) is 3.72. The van der Waals surface area contributed by atoms with Gasteiger partial charge >= 0.3 is 0 Å². The van der Waals surface area contributed by atoms with Crippen molar-refractivity contribution in [2.45, 2.75) is 57.4 Å². The fourth-order valence-corrected chi connectivity index (χ4v) is 4.65. The molecule has 1 aromatic heterocycles. The van der Waals surface area contributed by atoms with Gasteiger partial charge in [-0.25, -0.2) is 0 Å². The average molecular weight is 320 g/mol. The minimum Gasteiger partial charge on any atom is -0.373 e. The highest BCUT2D eigenvalue weighted by Gasteiger charge is 2.42. The molecule has 2 aliphatic heterocycles. The zero-order chi connectivity index (χ0) is 15.1. The molecule has 0 radical (unpaired) electrons. The summed E-state index contributed by atoms with van der Waals surface area (Å²) in [4.78, 5) is 17.2. The molecule has 3 atom stereocenters. The average Bonchev–Trinajstić information content (AvgIpc) is 2.85. The number of carbonyl (C=O) groups excluding carboxylic acids is 1. The second-order valence-corrected chi connectivity index (χ2v) is 8.42. The molecule has 3 fully saturated rings. The number of nitrogens with one attached hydrogen (secondary N) is 1. The summed E-state index contributed by atoms with van der Waals surface area (Å²) < 4.78 is 6.13. The summed E-state index contributed by atoms with van der Waals surface area (Å²) in [5, 5.41) is 3.06. The summed E-state index contributed by atoms with van der Waals surface area (Å²) in [5.74, 6) is 0.790. The Labute approximate surface area is 135 Å². The molecule has 1 aliphatic carbocycles. The number of likely N-dealkylation sites (tertiary alicyclic amines) is 1. The SMILES string of the molecule is Cc1ccc(CN2C[C@@H]3C[C@H](CC(=O)NC4CC4)O[C@@H]3C2)s1. The van der Waals surface area contributed by atoms with E-state index in [9.17, 15) is 4.79 Å². The van der Waals surface area contributed by atoms with Crippen LogP contribution in [0.15, 0.2) is 12.1 Å². The molecule has 3 heterocycles. The molecule has 1 amide bonds. The van der Waals surface area contributed by atoms with E-state index in [0.29, 0.717) is 24.5 Å². The normalized spacial score (nSPS) is 31.4. The highest BCUT2D eigenvalue weighted by Crippen LogP contribution is 2.35. The van der Waals surface area contributed by atoms with Gasteiger partial charge in [-0.15, -0.1) is 11.3 Å². The summed E-state index contributed by atoms with van der Waals surface area (Å²) in [6, 6.07) is 4.89. The Bertz CT molecular complexity index is 541. The Hall–Kier alpha value is -0.910. The van der Waals surface area contributed by atoms with Crippen molar-refractivity contribution in [3.8, 4) is 0 Å². The molecule has 2 saturated heterocycles. The van der Waals surface area contributed by atoms with Crippen molar-refractivity contribution in [2.24, 2.45) is 5.92 Å². The molecule has 0 spiro atoms. The predicted molar refractivity (Wildman–Crippen MR) is 86.9 cm³/mol. The summed E-state index contributed by atoms with van der Waals surface area (Å²) in [5.41, 5.74) is 0. The third kappa shape index (κ3) is 3.36. The number of nitrogens with zero attached hydrogens (tertiary/aromatic N) is 1. The number of fused-ring (bicyclic) bond motifs is 1. The lowest BCUT2D eigenvalue weighted by Gasteiger charge is -2.18. The topological polar surface area (TPSA) is 41.6 Å². The smallest absolute Gasteiger partial charge is 0.222 e. The van der Waals surface area contributed by atoms with Crippen LogP contribution in [0.1, 0.15) is 35.4 Å². The van der Waals surface area contributed by atoms with E-state index in [1.165, 1.54) is 9.75 Å². The zero-order valence-corrected chi connectivity index (χ0v) is 13.9. The molecule has 4 rings (SSSR count). The summed E-state index contributed by atoms with van der Waals surface area (Å²) in [6.45, 7) is 5.33. The van der Waals surface area contributed by atoms with Crippen molar-refractivity contribution in [3.05, 3.63) is 21.9 Å². The third-order valence-electron chi connectivity index (χ3n) is 4.92. The molecular formula is C17H24N2O2S. The molecule has 0 aromatic carbocycles. The van der Waals surface area contributed by atoms with Crippen LogP contribution < -0.4 is 5.32 Å². The number of thiophene rings is 1. The van der Waals surface area contributed by atoms with Crippen molar-refractivity contribution in [2.75, 3.05) is 13.1 Å². The maximum Gasteiger partial charge on any atom is 0.222 e. The van der Waals surface area contributed by atoms with Gasteiger partial charge in [-0.2, -0.15) is 0 Å². The Kier molecular flexibility index (Phi) is 3.96. The summed E-state index contributed by atoms with van der Waals surface area (Å²) in [6.07, 6.45) is 4.37. The van der Waals surface area contributed by atoms with Crippen LogP contribution in [-0.2, 0) is 16.1 Å². The lowest BCUT2D eigenvalue weighted by atomic mass is 10.0. The molecule has 0 unspecified atom stereocenters. The van der Waals surface area contributed by atoms with Gasteiger partial charge in [0.05, 0.1) is 18.6 Å². The molecule has 5 heteroatoms. The minimum absolute atomic E-state index is 0.139. The molecule has 1 saturated carbocycles. The van der Waals surface area contributed by atoms with Crippen molar-refractivity contribution in [3.63, 3.8) is 0 Å². The Morgan fingerprint density at radius 3 is 2.95 bits per heavy atom. The van der Waals surface area contributed by atoms with Crippen molar-refractivity contribution in [1.29, 1.82) is 0 Å². The monoisotopic (exact) mass is 320 g/mol. The number of hydrogen-bond acceptors (Lipinski definition) is 4. The molecule has 3 aliphatic rings. The van der Waals surface area contributed by atoms with E-state index in [-0.39, 0.29) is 12.0 Å². The minimum atomic E-state index is 0.139. The highest BCUT2D eigenvalue weighted by molar-refractivity contribution is 7.11. The second-order valence-electron chi connectivity index (χ2n) is 7.04. The quantitative estimate of drug-likeness (QED) is 0.905. The first kappa shape index (κ1) is 14.7. The van der Waals surface area contributed by atoms with Gasteiger partial charge in [0.25, 0.3) is 0 Å². The van der Waals surface area contributed by atoms with Gasteiger partial charge in [0, 0.05) is 41.3 Å². The fraction of sp³-hybridized carbons (Fsp3) is 0.706. The molecule has 1 aromatic rings. The predicted octanol–water partition coefficient (Wildman–Crippen LogP) is 2.31. The highest BCUT2D eigenvalue weighted by atomic mass is 32.1. The van der Waals surface area contributed by atoms with Crippen LogP contribution >= 0.6 is 11.3 Å². The van der Waals surface area contributed by atoms with Gasteiger partial charge < -0.3 is 10.1 Å². The first-order valence-corrected chi connectivity index (χ1v) is 9.20. The summed E-state index contributed by atoms with van der Waals surface area (Å²) in [7, 11) is 0. The number of aryl methyl sites for hydroxylation is 1. The second kappa shape index (κ2) is 5.95. The van der Waals surface area contributed by atoms with E-state index in [0.717, 1.165) is 38.9 Å². The van der Waals surface area contributed by atoms with E-state index >= 15 is 0 Å². The molecule has 4 nitrogen and oxygen atoms in total. The van der Waals surface area contributed by atoms with Crippen LogP contribution in [0, 0.1) is 12.8 Å². The first-order chi connectivity index (χ1) is 10.7. The molecule has 0 bridgehead atoms. The zero-order valence-electron chi connectivity index (χ0n) is 13.1. The van der Waals surface area contributed by atoms with Crippen molar-refractivity contribution in [1.82, 2.24) is 10.2 Å². The van der Waals surface area contributed by atoms with Gasteiger partial charge in [-0.3, -0.25) is 9.69 Å². The third-order valence-corrected chi connectivity index (χ3v) is 5.91. The van der Waals surface area contributed by atoms with E-state index < -0.39 is 0 Å². The molecule has 1 N–H and O–H groups in total. The van der Waals surface area contributed by atoms with Crippen LogP contribution in [0.2, 0.25) is 0 Å². The molecular weight excluding hydrogens is 296 g/mol. The number of ether oxygens (including phenoxy) is 1. The van der Waals surface area contributed by atoms with Crippen molar-refractivity contribution < 1.29 is 9.53 Å². The van der Waals surface area contributed by atoms with Gasteiger partial charge in [0.2, 0.25) is 5.91 Å². The standard InChI is InChI=1S/C17H24N2O2S/c1-11-2-5-15(22-11)9-19-8-12-6-14(21-16(12)10-19)7-17(20)18-13-3-4-13/h2,5,12-14,16H,3-4,6-10H2,1H3,(H,18,20)/t12-,14+,16+/m0/s1. The Morgan fingerprint density at radius 1 is 1.41 bits per heavy atom. The molecule has 120 valence electrons. The Morgan fingerprint density at radius 2 is 2.27 bits per heavy atom. The first-order valence-electron chi connectivity index (χ1n) is 8.38. The largest absolute Gasteiger partial charge is 0.373 e. The van der Waals surface area contributed by atoms with Gasteiger partial charge in [0.15, 0.2) is 0 Å². The molecule has 22 heavy (non-hydrogen) atoms. The van der Waals surface area contributed by atoms with Gasteiger partial charge in [0.1, 0.15) is 0 Å². The Balaban J connectivity index is 1.24. The van der Waals surface area contributed by atoms with Crippen LogP contribution in [0.25, 0.3) is 0 Å². The van der Waals surface area contributed by atoms with Crippen LogP contribution in [-0.4, -0.2) is 42.1 Å². The van der Waals surface area contributed by atoms with Crippen LogP contribution in [0.4, 0.5) is 0 Å². The lowest BCUT2D eigenvalue weighted by molar-refractivity contribution is -0.123. The van der Waals surface area contributed by atoms with Crippen LogP contribution in [0.3, 0.4) is 0 Å².